The second kappa shape index (κ2) is 10.7. The van der Waals surface area contributed by atoms with E-state index in [4.69, 9.17) is 11.6 Å². The Morgan fingerprint density at radius 2 is 1.83 bits per heavy atom. The van der Waals surface area contributed by atoms with E-state index in [0.717, 1.165) is 24.3 Å². The highest BCUT2D eigenvalue weighted by Gasteiger charge is 2.35. The van der Waals surface area contributed by atoms with E-state index >= 15 is 0 Å². The lowest BCUT2D eigenvalue weighted by Gasteiger charge is -2.45. The number of nitrogens with zero attached hydrogens (tertiary/aromatic N) is 1. The summed E-state index contributed by atoms with van der Waals surface area (Å²) < 4.78 is 0. The van der Waals surface area contributed by atoms with Crippen molar-refractivity contribution in [3.05, 3.63) is 63.7 Å². The molecule has 35 heavy (non-hydrogen) atoms. The number of amides is 2. The standard InChI is InChI=1S/C29H38ClN3O2/c1-19(2)27(34)31-16-20-10-13-26(30)24(14-20)28(35)32-22-11-12-25-21(15-22)17-33(18-29(25,3)4)23-8-6-5-7-9-23/h10-15,19,23H,5-9,16-18H2,1-4H3,(H,31,34)(H,32,35). The SMILES string of the molecule is CC(C)C(=O)NCc1ccc(Cl)c(C(=O)Nc2ccc3c(c2)CN(C2CCCCC2)CC3(C)C)c1. The molecule has 0 aromatic heterocycles. The molecule has 2 aromatic rings. The molecule has 2 N–H and O–H groups in total. The molecule has 5 nitrogen and oxygen atoms in total. The van der Waals surface area contributed by atoms with Crippen molar-refractivity contribution in [2.45, 2.75) is 84.3 Å². The molecule has 2 amide bonds. The fraction of sp³-hybridized carbons (Fsp3) is 0.517. The number of fused-ring (bicyclic) bond motifs is 1. The van der Waals surface area contributed by atoms with Gasteiger partial charge in [-0.25, -0.2) is 0 Å². The third kappa shape index (κ3) is 6.07. The largest absolute Gasteiger partial charge is 0.352 e. The fourth-order valence-electron chi connectivity index (χ4n) is 5.48. The van der Waals surface area contributed by atoms with E-state index in [0.29, 0.717) is 23.2 Å². The molecular weight excluding hydrogens is 458 g/mol. The second-order valence-corrected chi connectivity index (χ2v) is 11.5. The quantitative estimate of drug-likeness (QED) is 0.495. The average molecular weight is 496 g/mol. The van der Waals surface area contributed by atoms with Gasteiger partial charge < -0.3 is 10.6 Å². The van der Waals surface area contributed by atoms with Gasteiger partial charge in [0, 0.05) is 42.7 Å². The van der Waals surface area contributed by atoms with Gasteiger partial charge in [-0.05, 0) is 53.8 Å². The highest BCUT2D eigenvalue weighted by molar-refractivity contribution is 6.34. The number of benzene rings is 2. The number of nitrogens with one attached hydrogen (secondary N) is 2. The fourth-order valence-corrected chi connectivity index (χ4v) is 5.69. The van der Waals surface area contributed by atoms with Gasteiger partial charge in [0.1, 0.15) is 0 Å². The first-order valence-corrected chi connectivity index (χ1v) is 13.3. The predicted molar refractivity (Wildman–Crippen MR) is 143 cm³/mol. The Morgan fingerprint density at radius 3 is 2.54 bits per heavy atom. The third-order valence-corrected chi connectivity index (χ3v) is 7.75. The van der Waals surface area contributed by atoms with Crippen molar-refractivity contribution < 1.29 is 9.59 Å². The highest BCUT2D eigenvalue weighted by Crippen LogP contribution is 2.38. The number of hydrogen-bond acceptors (Lipinski definition) is 3. The van der Waals surface area contributed by atoms with Crippen molar-refractivity contribution in [2.24, 2.45) is 5.92 Å². The number of hydrogen-bond donors (Lipinski definition) is 2. The van der Waals surface area contributed by atoms with Gasteiger partial charge in [-0.2, -0.15) is 0 Å². The van der Waals surface area contributed by atoms with E-state index in [-0.39, 0.29) is 23.1 Å². The van der Waals surface area contributed by atoms with Crippen LogP contribution in [0.15, 0.2) is 36.4 Å². The van der Waals surface area contributed by atoms with E-state index in [1.807, 2.05) is 26.0 Å². The summed E-state index contributed by atoms with van der Waals surface area (Å²) in [7, 11) is 0. The van der Waals surface area contributed by atoms with Crippen LogP contribution in [-0.2, 0) is 23.3 Å². The monoisotopic (exact) mass is 495 g/mol. The Morgan fingerprint density at radius 1 is 1.09 bits per heavy atom. The maximum Gasteiger partial charge on any atom is 0.257 e. The number of halogens is 1. The number of anilines is 1. The summed E-state index contributed by atoms with van der Waals surface area (Å²) >= 11 is 6.37. The van der Waals surface area contributed by atoms with Crippen molar-refractivity contribution in [1.82, 2.24) is 10.2 Å². The maximum atomic E-state index is 13.1. The zero-order valence-corrected chi connectivity index (χ0v) is 22.2. The van der Waals surface area contributed by atoms with Gasteiger partial charge >= 0.3 is 0 Å². The van der Waals surface area contributed by atoms with Crippen LogP contribution in [0.2, 0.25) is 5.02 Å². The summed E-state index contributed by atoms with van der Waals surface area (Å²) in [6, 6.07) is 12.3. The minimum Gasteiger partial charge on any atom is -0.352 e. The van der Waals surface area contributed by atoms with Gasteiger partial charge in [-0.3, -0.25) is 14.5 Å². The molecule has 4 rings (SSSR count). The van der Waals surface area contributed by atoms with Gasteiger partial charge in [-0.1, -0.05) is 70.7 Å². The molecule has 0 saturated heterocycles. The zero-order valence-electron chi connectivity index (χ0n) is 21.4. The van der Waals surface area contributed by atoms with E-state index in [9.17, 15) is 9.59 Å². The van der Waals surface area contributed by atoms with Gasteiger partial charge in [-0.15, -0.1) is 0 Å². The molecule has 0 unspecified atom stereocenters. The molecule has 6 heteroatoms. The molecule has 1 heterocycles. The minimum atomic E-state index is -0.244. The molecular formula is C29H38ClN3O2. The average Bonchev–Trinajstić information content (AvgIpc) is 2.83. The van der Waals surface area contributed by atoms with Gasteiger partial charge in [0.25, 0.3) is 5.91 Å². The molecule has 1 saturated carbocycles. The van der Waals surface area contributed by atoms with Crippen LogP contribution in [0.1, 0.15) is 86.8 Å². The first-order chi connectivity index (χ1) is 16.6. The summed E-state index contributed by atoms with van der Waals surface area (Å²) in [4.78, 5) is 27.7. The van der Waals surface area contributed by atoms with E-state index < -0.39 is 0 Å². The van der Waals surface area contributed by atoms with Crippen molar-refractivity contribution in [3.63, 3.8) is 0 Å². The predicted octanol–water partition coefficient (Wildman–Crippen LogP) is 6.29. The first kappa shape index (κ1) is 25.7. The summed E-state index contributed by atoms with van der Waals surface area (Å²) in [5, 5.41) is 6.33. The minimum absolute atomic E-state index is 0.0230. The maximum absolute atomic E-state index is 13.1. The summed E-state index contributed by atoms with van der Waals surface area (Å²) in [6.07, 6.45) is 6.58. The number of carbonyl (C=O) groups excluding carboxylic acids is 2. The molecule has 188 valence electrons. The van der Waals surface area contributed by atoms with Crippen LogP contribution >= 0.6 is 11.6 Å². The smallest absolute Gasteiger partial charge is 0.257 e. The van der Waals surface area contributed by atoms with Crippen LogP contribution in [0.4, 0.5) is 5.69 Å². The topological polar surface area (TPSA) is 61.4 Å². The summed E-state index contributed by atoms with van der Waals surface area (Å²) in [5.41, 5.74) is 4.76. The summed E-state index contributed by atoms with van der Waals surface area (Å²) in [5.74, 6) is -0.357. The molecule has 0 spiro atoms. The first-order valence-electron chi connectivity index (χ1n) is 12.9. The Labute approximate surface area is 214 Å². The van der Waals surface area contributed by atoms with Gasteiger partial charge in [0.15, 0.2) is 0 Å². The lowest BCUT2D eigenvalue weighted by Crippen LogP contribution is -2.47. The molecule has 1 aliphatic heterocycles. The van der Waals surface area contributed by atoms with Gasteiger partial charge in [0.05, 0.1) is 10.6 Å². The molecule has 2 aromatic carbocycles. The Kier molecular flexibility index (Phi) is 7.87. The normalized spacial score (nSPS) is 18.2. The molecule has 0 bridgehead atoms. The third-order valence-electron chi connectivity index (χ3n) is 7.42. The Bertz CT molecular complexity index is 1090. The van der Waals surface area contributed by atoms with Crippen molar-refractivity contribution in [1.29, 1.82) is 0 Å². The Balaban J connectivity index is 1.50. The van der Waals surface area contributed by atoms with E-state index in [1.165, 1.54) is 43.2 Å². The number of rotatable bonds is 6. The van der Waals surface area contributed by atoms with Crippen LogP contribution in [0.3, 0.4) is 0 Å². The lowest BCUT2D eigenvalue weighted by atomic mass is 9.77. The van der Waals surface area contributed by atoms with Crippen molar-refractivity contribution in [3.8, 4) is 0 Å². The molecule has 2 aliphatic rings. The molecule has 1 aliphatic carbocycles. The zero-order chi connectivity index (χ0) is 25.2. The molecule has 1 fully saturated rings. The highest BCUT2D eigenvalue weighted by atomic mass is 35.5. The van der Waals surface area contributed by atoms with Crippen molar-refractivity contribution >= 4 is 29.1 Å². The van der Waals surface area contributed by atoms with E-state index in [2.05, 4.69) is 41.5 Å². The lowest BCUT2D eigenvalue weighted by molar-refractivity contribution is -0.124. The molecule has 0 radical (unpaired) electrons. The van der Waals surface area contributed by atoms with Crippen molar-refractivity contribution in [2.75, 3.05) is 11.9 Å². The van der Waals surface area contributed by atoms with Crippen LogP contribution in [-0.4, -0.2) is 29.3 Å². The van der Waals surface area contributed by atoms with E-state index in [1.54, 1.807) is 12.1 Å². The summed E-state index contributed by atoms with van der Waals surface area (Å²) in [6.45, 7) is 10.7. The second-order valence-electron chi connectivity index (χ2n) is 11.1. The van der Waals surface area contributed by atoms with Crippen LogP contribution in [0, 0.1) is 5.92 Å². The van der Waals surface area contributed by atoms with Gasteiger partial charge in [0.2, 0.25) is 5.91 Å². The van der Waals surface area contributed by atoms with Crippen LogP contribution in [0.25, 0.3) is 0 Å². The molecule has 0 atom stereocenters. The Hall–Kier alpha value is -2.37. The van der Waals surface area contributed by atoms with Crippen LogP contribution < -0.4 is 10.6 Å². The van der Waals surface area contributed by atoms with Crippen LogP contribution in [0.5, 0.6) is 0 Å². The number of carbonyl (C=O) groups is 2.